The number of nitrogens with zero attached hydrogens (tertiary/aromatic N) is 4. The third-order valence-corrected chi connectivity index (χ3v) is 3.34. The number of fused-ring (bicyclic) bond motifs is 1. The molecule has 3 rings (SSSR count). The third-order valence-electron chi connectivity index (χ3n) is 3.18. The number of ether oxygens (including phenoxy) is 2. The van der Waals surface area contributed by atoms with Gasteiger partial charge in [0.15, 0.2) is 0 Å². The molecule has 0 radical (unpaired) electrons. The van der Waals surface area contributed by atoms with Gasteiger partial charge in [-0.25, -0.2) is 4.98 Å². The predicted molar refractivity (Wildman–Crippen MR) is 75.1 cm³/mol. The molecule has 1 aliphatic rings. The van der Waals surface area contributed by atoms with Crippen LogP contribution in [-0.2, 0) is 4.74 Å². The molecule has 2 heterocycles. The number of rotatable bonds is 4. The minimum absolute atomic E-state index is 0.151. The van der Waals surface area contributed by atoms with E-state index in [0.717, 1.165) is 38.6 Å². The van der Waals surface area contributed by atoms with Gasteiger partial charge < -0.3 is 9.47 Å². The van der Waals surface area contributed by atoms with E-state index in [1.165, 1.54) is 0 Å². The summed E-state index contributed by atoms with van der Waals surface area (Å²) in [4.78, 5) is 6.41. The first-order valence-corrected chi connectivity index (χ1v) is 6.92. The predicted octanol–water partition coefficient (Wildman–Crippen LogP) is 1.39. The minimum Gasteiger partial charge on any atom is -0.492 e. The second-order valence-corrected chi connectivity index (χ2v) is 4.87. The van der Waals surface area contributed by atoms with E-state index < -0.39 is 0 Å². The molecule has 1 fully saturated rings. The van der Waals surface area contributed by atoms with Crippen LogP contribution in [0.5, 0.6) is 5.75 Å². The molecular formula is C13H15ClN4O2. The average Bonchev–Trinajstić information content (AvgIpc) is 2.48. The molecule has 2 aromatic rings. The molecular weight excluding hydrogens is 280 g/mol. The molecule has 0 aliphatic carbocycles. The van der Waals surface area contributed by atoms with Crippen molar-refractivity contribution in [1.29, 1.82) is 0 Å². The lowest BCUT2D eigenvalue weighted by atomic mass is 10.3. The van der Waals surface area contributed by atoms with Gasteiger partial charge in [0.05, 0.1) is 18.7 Å². The summed E-state index contributed by atoms with van der Waals surface area (Å²) in [6.07, 6.45) is 0. The van der Waals surface area contributed by atoms with Gasteiger partial charge in [-0.2, -0.15) is 0 Å². The lowest BCUT2D eigenvalue weighted by Gasteiger charge is -2.26. The van der Waals surface area contributed by atoms with Gasteiger partial charge in [0, 0.05) is 25.7 Å². The number of hydrogen-bond acceptors (Lipinski definition) is 6. The molecule has 0 bridgehead atoms. The van der Waals surface area contributed by atoms with Crippen LogP contribution < -0.4 is 4.74 Å². The van der Waals surface area contributed by atoms with Crippen LogP contribution >= 0.6 is 11.6 Å². The van der Waals surface area contributed by atoms with Crippen molar-refractivity contribution in [3.05, 3.63) is 23.5 Å². The van der Waals surface area contributed by atoms with Gasteiger partial charge in [0.25, 0.3) is 0 Å². The highest BCUT2D eigenvalue weighted by Gasteiger charge is 2.10. The lowest BCUT2D eigenvalue weighted by Crippen LogP contribution is -2.38. The van der Waals surface area contributed by atoms with Gasteiger partial charge in [-0.3, -0.25) is 4.90 Å². The Bertz CT molecular complexity index is 590. The molecule has 1 saturated heterocycles. The Morgan fingerprint density at radius 2 is 2.05 bits per heavy atom. The topological polar surface area (TPSA) is 60.4 Å². The molecule has 0 unspecified atom stereocenters. The van der Waals surface area contributed by atoms with Crippen molar-refractivity contribution in [2.45, 2.75) is 0 Å². The van der Waals surface area contributed by atoms with E-state index in [2.05, 4.69) is 20.1 Å². The summed E-state index contributed by atoms with van der Waals surface area (Å²) in [7, 11) is 0. The quantitative estimate of drug-likeness (QED) is 0.849. The van der Waals surface area contributed by atoms with Gasteiger partial charge in [-0.1, -0.05) is 0 Å². The largest absolute Gasteiger partial charge is 0.492 e. The Kier molecular flexibility index (Phi) is 4.25. The van der Waals surface area contributed by atoms with Crippen LogP contribution in [0.4, 0.5) is 0 Å². The highest BCUT2D eigenvalue weighted by atomic mass is 35.5. The number of benzene rings is 1. The number of hydrogen-bond donors (Lipinski definition) is 0. The maximum atomic E-state index is 5.74. The van der Waals surface area contributed by atoms with E-state index in [9.17, 15) is 0 Å². The number of morpholine rings is 1. The summed E-state index contributed by atoms with van der Waals surface area (Å²) in [6.45, 7) is 5.08. The Hall–Kier alpha value is -1.50. The average molecular weight is 295 g/mol. The van der Waals surface area contributed by atoms with Crippen molar-refractivity contribution in [3.63, 3.8) is 0 Å². The third kappa shape index (κ3) is 3.33. The minimum atomic E-state index is 0.151. The van der Waals surface area contributed by atoms with Gasteiger partial charge in [0.1, 0.15) is 17.9 Å². The molecule has 106 valence electrons. The van der Waals surface area contributed by atoms with E-state index >= 15 is 0 Å². The summed E-state index contributed by atoms with van der Waals surface area (Å²) >= 11 is 5.70. The second kappa shape index (κ2) is 6.30. The molecule has 1 aliphatic heterocycles. The van der Waals surface area contributed by atoms with E-state index in [1.54, 1.807) is 0 Å². The molecule has 0 amide bonds. The van der Waals surface area contributed by atoms with Crippen molar-refractivity contribution in [2.24, 2.45) is 0 Å². The first kappa shape index (κ1) is 13.5. The molecule has 0 saturated carbocycles. The highest BCUT2D eigenvalue weighted by molar-refractivity contribution is 6.28. The molecule has 0 N–H and O–H groups in total. The molecule has 1 aromatic carbocycles. The maximum Gasteiger partial charge on any atom is 0.243 e. The molecule has 0 spiro atoms. The van der Waals surface area contributed by atoms with Crippen LogP contribution in [-0.4, -0.2) is 59.5 Å². The zero-order valence-electron chi connectivity index (χ0n) is 11.0. The van der Waals surface area contributed by atoms with Crippen LogP contribution in [0.3, 0.4) is 0 Å². The summed E-state index contributed by atoms with van der Waals surface area (Å²) in [6, 6.07) is 5.53. The van der Waals surface area contributed by atoms with Crippen LogP contribution in [0.1, 0.15) is 0 Å². The van der Waals surface area contributed by atoms with Crippen LogP contribution in [0.25, 0.3) is 11.0 Å². The number of aromatic nitrogens is 3. The normalized spacial score (nSPS) is 16.4. The fourth-order valence-corrected chi connectivity index (χ4v) is 2.23. The fourth-order valence-electron chi connectivity index (χ4n) is 2.10. The van der Waals surface area contributed by atoms with Crippen molar-refractivity contribution in [3.8, 4) is 5.75 Å². The summed E-state index contributed by atoms with van der Waals surface area (Å²) < 4.78 is 11.0. The molecule has 1 aromatic heterocycles. The molecule has 6 nitrogen and oxygen atoms in total. The van der Waals surface area contributed by atoms with E-state index in [4.69, 9.17) is 21.1 Å². The Labute approximate surface area is 121 Å². The maximum absolute atomic E-state index is 5.74. The summed E-state index contributed by atoms with van der Waals surface area (Å²) in [5, 5.41) is 7.87. The SMILES string of the molecule is Clc1nnc2cc(OCCN3CCOCC3)ccc2n1. The van der Waals surface area contributed by atoms with Crippen LogP contribution in [0.15, 0.2) is 18.2 Å². The Balaban J connectivity index is 1.58. The van der Waals surface area contributed by atoms with Gasteiger partial charge in [0.2, 0.25) is 5.28 Å². The van der Waals surface area contributed by atoms with Crippen LogP contribution in [0.2, 0.25) is 5.28 Å². The Morgan fingerprint density at radius 3 is 2.90 bits per heavy atom. The molecule has 0 atom stereocenters. The first-order chi connectivity index (χ1) is 9.81. The van der Waals surface area contributed by atoms with Crippen molar-refractivity contribution >= 4 is 22.6 Å². The molecule has 7 heteroatoms. The zero-order valence-corrected chi connectivity index (χ0v) is 11.7. The van der Waals surface area contributed by atoms with Gasteiger partial charge >= 0.3 is 0 Å². The smallest absolute Gasteiger partial charge is 0.243 e. The monoisotopic (exact) mass is 294 g/mol. The lowest BCUT2D eigenvalue weighted by molar-refractivity contribution is 0.0322. The van der Waals surface area contributed by atoms with Gasteiger partial charge in [-0.05, 0) is 23.7 Å². The van der Waals surface area contributed by atoms with Crippen LogP contribution in [0, 0.1) is 0 Å². The zero-order chi connectivity index (χ0) is 13.8. The number of halogens is 1. The van der Waals surface area contributed by atoms with E-state index in [0.29, 0.717) is 17.6 Å². The second-order valence-electron chi connectivity index (χ2n) is 4.53. The molecule has 20 heavy (non-hydrogen) atoms. The summed E-state index contributed by atoms with van der Waals surface area (Å²) in [5.74, 6) is 0.768. The van der Waals surface area contributed by atoms with Crippen molar-refractivity contribution in [2.75, 3.05) is 39.5 Å². The summed E-state index contributed by atoms with van der Waals surface area (Å²) in [5.41, 5.74) is 1.39. The highest BCUT2D eigenvalue weighted by Crippen LogP contribution is 2.18. The fraction of sp³-hybridized carbons (Fsp3) is 0.462. The van der Waals surface area contributed by atoms with E-state index in [-0.39, 0.29) is 5.28 Å². The van der Waals surface area contributed by atoms with Crippen molar-refractivity contribution < 1.29 is 9.47 Å². The Morgan fingerprint density at radius 1 is 1.20 bits per heavy atom. The standard InChI is InChI=1S/C13H15ClN4O2/c14-13-15-11-2-1-10(9-12(11)16-17-13)20-8-5-18-3-6-19-7-4-18/h1-2,9H,3-8H2. The first-order valence-electron chi connectivity index (χ1n) is 6.54. The van der Waals surface area contributed by atoms with E-state index in [1.807, 2.05) is 18.2 Å². The van der Waals surface area contributed by atoms with Crippen molar-refractivity contribution in [1.82, 2.24) is 20.1 Å². The van der Waals surface area contributed by atoms with Gasteiger partial charge in [-0.15, -0.1) is 10.2 Å².